The molecule has 3 rings (SSSR count). The molecule has 0 fully saturated rings. The maximum Gasteiger partial charge on any atom is 0.348 e. The van der Waals surface area contributed by atoms with Crippen LogP contribution in [0.3, 0.4) is 0 Å². The van der Waals surface area contributed by atoms with E-state index in [-0.39, 0.29) is 28.7 Å². The third-order valence-corrected chi connectivity index (χ3v) is 5.40. The first-order chi connectivity index (χ1) is 14.3. The first-order valence-electron chi connectivity index (χ1n) is 9.21. The molecule has 8 nitrogen and oxygen atoms in total. The van der Waals surface area contributed by atoms with Gasteiger partial charge in [-0.3, -0.25) is 4.79 Å². The molecule has 0 spiro atoms. The summed E-state index contributed by atoms with van der Waals surface area (Å²) in [6, 6.07) is 3.29. The average Bonchev–Trinajstić information content (AvgIpc) is 3.24. The molecule has 0 saturated carbocycles. The Morgan fingerprint density at radius 1 is 1.27 bits per heavy atom. The van der Waals surface area contributed by atoms with E-state index in [4.69, 9.17) is 9.47 Å². The zero-order chi connectivity index (χ0) is 21.8. The zero-order valence-electron chi connectivity index (χ0n) is 16.9. The number of aromatic nitrogens is 2. The van der Waals surface area contributed by atoms with Crippen LogP contribution in [0.4, 0.5) is 5.00 Å². The number of pyridine rings is 1. The Kier molecular flexibility index (Phi) is 6.31. The molecule has 3 aromatic rings. The van der Waals surface area contributed by atoms with Crippen molar-refractivity contribution >= 4 is 39.8 Å². The number of anilines is 1. The lowest BCUT2D eigenvalue weighted by Crippen LogP contribution is -2.15. The summed E-state index contributed by atoms with van der Waals surface area (Å²) in [5, 5.41) is 2.95. The van der Waals surface area contributed by atoms with Crippen LogP contribution in [-0.2, 0) is 9.47 Å². The third kappa shape index (κ3) is 4.25. The fourth-order valence-corrected chi connectivity index (χ4v) is 3.95. The number of esters is 2. The van der Waals surface area contributed by atoms with Crippen LogP contribution >= 0.6 is 11.3 Å². The van der Waals surface area contributed by atoms with Crippen LogP contribution in [0, 0.1) is 13.8 Å². The van der Waals surface area contributed by atoms with Gasteiger partial charge in [0.05, 0.1) is 17.9 Å². The summed E-state index contributed by atoms with van der Waals surface area (Å²) in [6.07, 6.45) is 5.02. The number of thiophene rings is 1. The molecule has 0 radical (unpaired) electrons. The number of imidazole rings is 1. The lowest BCUT2D eigenvalue weighted by atomic mass is 10.1. The fraction of sp³-hybridized carbons (Fsp3) is 0.238. The van der Waals surface area contributed by atoms with Crippen molar-refractivity contribution in [1.82, 2.24) is 9.38 Å². The van der Waals surface area contributed by atoms with E-state index in [1.165, 1.54) is 6.08 Å². The molecule has 0 atom stereocenters. The van der Waals surface area contributed by atoms with E-state index < -0.39 is 17.8 Å². The normalized spacial score (nSPS) is 10.6. The van der Waals surface area contributed by atoms with Crippen LogP contribution in [0.1, 0.15) is 48.6 Å². The van der Waals surface area contributed by atoms with Gasteiger partial charge in [0.1, 0.15) is 22.1 Å². The van der Waals surface area contributed by atoms with Gasteiger partial charge in [0.15, 0.2) is 0 Å². The largest absolute Gasteiger partial charge is 0.462 e. The number of fused-ring (bicyclic) bond motifs is 1. The summed E-state index contributed by atoms with van der Waals surface area (Å²) >= 11 is 0.967. The Hall–Kier alpha value is -3.46. The molecule has 0 aromatic carbocycles. The molecule has 156 valence electrons. The number of ether oxygens (including phenoxy) is 2. The monoisotopic (exact) mass is 427 g/mol. The zero-order valence-corrected chi connectivity index (χ0v) is 17.7. The van der Waals surface area contributed by atoms with E-state index in [0.29, 0.717) is 16.8 Å². The highest BCUT2D eigenvalue weighted by Crippen LogP contribution is 2.34. The molecular weight excluding hydrogens is 406 g/mol. The highest BCUT2D eigenvalue weighted by molar-refractivity contribution is 7.18. The molecule has 3 heterocycles. The van der Waals surface area contributed by atoms with Crippen molar-refractivity contribution in [3.63, 3.8) is 0 Å². The van der Waals surface area contributed by atoms with Gasteiger partial charge < -0.3 is 19.2 Å². The van der Waals surface area contributed by atoms with Gasteiger partial charge in [0.2, 0.25) is 0 Å². The first kappa shape index (κ1) is 21.3. The van der Waals surface area contributed by atoms with E-state index in [0.717, 1.165) is 17.0 Å². The van der Waals surface area contributed by atoms with Crippen LogP contribution < -0.4 is 5.32 Å². The third-order valence-electron chi connectivity index (χ3n) is 4.21. The van der Waals surface area contributed by atoms with Gasteiger partial charge >= 0.3 is 11.9 Å². The summed E-state index contributed by atoms with van der Waals surface area (Å²) < 4.78 is 12.0. The van der Waals surface area contributed by atoms with E-state index in [1.54, 1.807) is 36.6 Å². The van der Waals surface area contributed by atoms with Crippen molar-refractivity contribution in [2.75, 3.05) is 18.5 Å². The molecule has 0 saturated heterocycles. The molecule has 1 amide bonds. The van der Waals surface area contributed by atoms with Crippen molar-refractivity contribution in [2.24, 2.45) is 0 Å². The minimum atomic E-state index is -0.622. The van der Waals surface area contributed by atoms with Gasteiger partial charge in [-0.1, -0.05) is 12.7 Å². The van der Waals surface area contributed by atoms with Crippen LogP contribution in [-0.4, -0.2) is 40.4 Å². The Bertz CT molecular complexity index is 1150. The van der Waals surface area contributed by atoms with Crippen LogP contribution in [0.5, 0.6) is 0 Å². The molecule has 30 heavy (non-hydrogen) atoms. The molecule has 0 bridgehead atoms. The summed E-state index contributed by atoms with van der Waals surface area (Å²) in [5.74, 6) is -1.66. The molecule has 1 N–H and O–H groups in total. The van der Waals surface area contributed by atoms with Crippen molar-refractivity contribution < 1.29 is 23.9 Å². The van der Waals surface area contributed by atoms with E-state index in [1.807, 2.05) is 13.1 Å². The average molecular weight is 427 g/mol. The van der Waals surface area contributed by atoms with E-state index in [2.05, 4.69) is 16.9 Å². The van der Waals surface area contributed by atoms with Crippen LogP contribution in [0.2, 0.25) is 0 Å². The van der Waals surface area contributed by atoms with Crippen molar-refractivity contribution in [3.05, 3.63) is 64.4 Å². The second kappa shape index (κ2) is 8.91. The number of hydrogen-bond acceptors (Lipinski definition) is 7. The second-order valence-corrected chi connectivity index (χ2v) is 7.41. The lowest BCUT2D eigenvalue weighted by molar-refractivity contribution is 0.0527. The topological polar surface area (TPSA) is 99.0 Å². The highest BCUT2D eigenvalue weighted by atomic mass is 32.1. The molecule has 3 aromatic heterocycles. The predicted octanol–water partition coefficient (Wildman–Crippen LogP) is 3.78. The van der Waals surface area contributed by atoms with Crippen LogP contribution in [0.15, 0.2) is 37.2 Å². The van der Waals surface area contributed by atoms with Gasteiger partial charge in [-0.25, -0.2) is 14.6 Å². The van der Waals surface area contributed by atoms with E-state index in [9.17, 15) is 14.4 Å². The lowest BCUT2D eigenvalue weighted by Gasteiger charge is -2.07. The standard InChI is InChI=1S/C21H21N3O5S/c1-5-9-29-21(27)17-13(4)16(20(26)28-6-2)19(30-17)23-18(25)14-7-8-24-11-12(3)22-15(24)10-14/h5,7-8,10-11H,1,6,9H2,2-4H3,(H,23,25). The molecule has 0 aliphatic heterocycles. The summed E-state index contributed by atoms with van der Waals surface area (Å²) in [7, 11) is 0. The van der Waals surface area contributed by atoms with Gasteiger partial charge in [-0.15, -0.1) is 11.3 Å². The smallest absolute Gasteiger partial charge is 0.348 e. The fourth-order valence-electron chi connectivity index (χ4n) is 2.87. The predicted molar refractivity (Wildman–Crippen MR) is 113 cm³/mol. The van der Waals surface area contributed by atoms with Gasteiger partial charge in [0.25, 0.3) is 5.91 Å². The Labute approximate surface area is 177 Å². The van der Waals surface area contributed by atoms with E-state index >= 15 is 0 Å². The number of carbonyl (C=O) groups is 3. The molecule has 0 aliphatic carbocycles. The van der Waals surface area contributed by atoms with Crippen molar-refractivity contribution in [1.29, 1.82) is 0 Å². The Morgan fingerprint density at radius 2 is 2.03 bits per heavy atom. The summed E-state index contributed by atoms with van der Waals surface area (Å²) in [6.45, 7) is 8.86. The molecular formula is C21H21N3O5S. The van der Waals surface area contributed by atoms with Gasteiger partial charge in [0, 0.05) is 18.0 Å². The number of rotatable bonds is 7. The minimum Gasteiger partial charge on any atom is -0.462 e. The SMILES string of the molecule is C=CCOC(=O)c1sc(NC(=O)c2ccn3cc(C)nc3c2)c(C(=O)OCC)c1C. The summed E-state index contributed by atoms with van der Waals surface area (Å²) in [4.78, 5) is 42.2. The molecule has 0 unspecified atom stereocenters. The van der Waals surface area contributed by atoms with Crippen molar-refractivity contribution in [2.45, 2.75) is 20.8 Å². The first-order valence-corrected chi connectivity index (χ1v) is 10.0. The number of nitrogens with zero attached hydrogens (tertiary/aromatic N) is 2. The number of amides is 1. The number of carbonyl (C=O) groups excluding carboxylic acids is 3. The number of hydrogen-bond donors (Lipinski definition) is 1. The quantitative estimate of drug-likeness (QED) is 0.455. The number of nitrogens with one attached hydrogen (secondary N) is 1. The second-order valence-electron chi connectivity index (χ2n) is 6.39. The highest BCUT2D eigenvalue weighted by Gasteiger charge is 2.27. The Balaban J connectivity index is 1.95. The van der Waals surface area contributed by atoms with Gasteiger partial charge in [-0.05, 0) is 38.5 Å². The van der Waals surface area contributed by atoms with Crippen molar-refractivity contribution in [3.8, 4) is 0 Å². The van der Waals surface area contributed by atoms with Gasteiger partial charge in [-0.2, -0.15) is 0 Å². The Morgan fingerprint density at radius 3 is 2.73 bits per heavy atom. The maximum atomic E-state index is 12.8. The molecule has 9 heteroatoms. The number of aryl methyl sites for hydroxylation is 1. The summed E-state index contributed by atoms with van der Waals surface area (Å²) in [5.41, 5.74) is 2.35. The van der Waals surface area contributed by atoms with Crippen LogP contribution in [0.25, 0.3) is 5.65 Å². The maximum absolute atomic E-state index is 12.8. The molecule has 0 aliphatic rings. The minimum absolute atomic E-state index is 0.0380.